The number of rotatable bonds is 2. The summed E-state index contributed by atoms with van der Waals surface area (Å²) < 4.78 is 17.7. The van der Waals surface area contributed by atoms with Crippen molar-refractivity contribution in [3.63, 3.8) is 0 Å². The summed E-state index contributed by atoms with van der Waals surface area (Å²) in [6, 6.07) is 4.17. The number of esters is 1. The molecule has 0 bridgehead atoms. The van der Waals surface area contributed by atoms with E-state index in [-0.39, 0.29) is 5.75 Å². The predicted octanol–water partition coefficient (Wildman–Crippen LogP) is 2.39. The van der Waals surface area contributed by atoms with Gasteiger partial charge in [-0.25, -0.2) is 4.39 Å². The zero-order valence-corrected chi connectivity index (χ0v) is 7.21. The Morgan fingerprint density at radius 2 is 2.31 bits per heavy atom. The minimum Gasteiger partial charge on any atom is -0.427 e. The number of carbonyl (C=O) groups is 1. The van der Waals surface area contributed by atoms with Gasteiger partial charge in [0.15, 0.2) is 0 Å². The maximum atomic E-state index is 13.0. The third-order valence-corrected chi connectivity index (χ3v) is 1.45. The van der Waals surface area contributed by atoms with Crippen LogP contribution < -0.4 is 4.74 Å². The van der Waals surface area contributed by atoms with Crippen molar-refractivity contribution in [2.24, 2.45) is 0 Å². The van der Waals surface area contributed by atoms with Gasteiger partial charge >= 0.3 is 5.97 Å². The fourth-order valence-corrected chi connectivity index (χ4v) is 0.903. The molecule has 13 heavy (non-hydrogen) atoms. The molecule has 0 radical (unpaired) electrons. The first kappa shape index (κ1) is 9.45. The van der Waals surface area contributed by atoms with E-state index in [1.807, 2.05) is 0 Å². The van der Waals surface area contributed by atoms with Crippen LogP contribution in [0.5, 0.6) is 5.75 Å². The van der Waals surface area contributed by atoms with Crippen molar-refractivity contribution in [1.82, 2.24) is 0 Å². The van der Waals surface area contributed by atoms with Crippen LogP contribution in [0.25, 0.3) is 6.08 Å². The number of benzene rings is 1. The van der Waals surface area contributed by atoms with Crippen LogP contribution in [-0.4, -0.2) is 5.97 Å². The molecule has 0 atom stereocenters. The van der Waals surface area contributed by atoms with Crippen LogP contribution >= 0.6 is 0 Å². The SMILES string of the molecule is C=Cc1ccc(OC(C)=O)cc1F. The van der Waals surface area contributed by atoms with Crippen LogP contribution in [0.2, 0.25) is 0 Å². The normalized spacial score (nSPS) is 9.38. The van der Waals surface area contributed by atoms with Crippen molar-refractivity contribution in [1.29, 1.82) is 0 Å². The predicted molar refractivity (Wildman–Crippen MR) is 47.8 cm³/mol. The highest BCUT2D eigenvalue weighted by molar-refractivity contribution is 5.69. The Balaban J connectivity index is 2.95. The van der Waals surface area contributed by atoms with Gasteiger partial charge in [-0.3, -0.25) is 4.79 Å². The van der Waals surface area contributed by atoms with E-state index in [1.54, 1.807) is 0 Å². The minimum atomic E-state index is -0.467. The number of hydrogen-bond donors (Lipinski definition) is 0. The lowest BCUT2D eigenvalue weighted by atomic mass is 10.2. The summed E-state index contributed by atoms with van der Waals surface area (Å²) in [7, 11) is 0. The lowest BCUT2D eigenvalue weighted by Crippen LogP contribution is -2.01. The molecule has 0 aromatic heterocycles. The molecular weight excluding hydrogens is 171 g/mol. The molecule has 0 amide bonds. The summed E-state index contributed by atoms with van der Waals surface area (Å²) in [5.74, 6) is -0.713. The molecule has 0 heterocycles. The van der Waals surface area contributed by atoms with Crippen LogP contribution in [0.1, 0.15) is 12.5 Å². The summed E-state index contributed by atoms with van der Waals surface area (Å²) in [4.78, 5) is 10.5. The quantitative estimate of drug-likeness (QED) is 0.516. The first-order chi connectivity index (χ1) is 6.13. The molecule has 1 aromatic rings. The van der Waals surface area contributed by atoms with E-state index < -0.39 is 11.8 Å². The summed E-state index contributed by atoms with van der Waals surface area (Å²) in [6.07, 6.45) is 1.40. The van der Waals surface area contributed by atoms with Gasteiger partial charge in [0.2, 0.25) is 0 Å². The standard InChI is InChI=1S/C10H9FO2/c1-3-8-4-5-9(6-10(8)11)13-7(2)12/h3-6H,1H2,2H3. The number of halogens is 1. The number of hydrogen-bond acceptors (Lipinski definition) is 2. The summed E-state index contributed by atoms with van der Waals surface area (Å²) in [5.41, 5.74) is 0.385. The summed E-state index contributed by atoms with van der Waals surface area (Å²) in [6.45, 7) is 4.70. The largest absolute Gasteiger partial charge is 0.427 e. The zero-order valence-electron chi connectivity index (χ0n) is 7.21. The molecule has 0 N–H and O–H groups in total. The van der Waals surface area contributed by atoms with Gasteiger partial charge in [0, 0.05) is 18.6 Å². The minimum absolute atomic E-state index is 0.204. The Labute approximate surface area is 75.6 Å². The number of ether oxygens (including phenoxy) is 1. The van der Waals surface area contributed by atoms with Gasteiger partial charge in [-0.1, -0.05) is 12.7 Å². The van der Waals surface area contributed by atoms with Gasteiger partial charge < -0.3 is 4.74 Å². The van der Waals surface area contributed by atoms with Gasteiger partial charge in [0.1, 0.15) is 11.6 Å². The lowest BCUT2D eigenvalue weighted by Gasteiger charge is -2.02. The van der Waals surface area contributed by atoms with Crippen molar-refractivity contribution in [2.45, 2.75) is 6.92 Å². The van der Waals surface area contributed by atoms with E-state index in [0.717, 1.165) is 6.07 Å². The molecule has 1 aromatic carbocycles. The first-order valence-corrected chi connectivity index (χ1v) is 3.74. The molecular formula is C10H9FO2. The summed E-state index contributed by atoms with van der Waals surface area (Å²) in [5, 5.41) is 0. The van der Waals surface area contributed by atoms with E-state index in [1.165, 1.54) is 25.1 Å². The van der Waals surface area contributed by atoms with E-state index in [0.29, 0.717) is 5.56 Å². The molecule has 0 unspecified atom stereocenters. The monoisotopic (exact) mass is 180 g/mol. The molecule has 3 heteroatoms. The van der Waals surface area contributed by atoms with Crippen LogP contribution in [0.3, 0.4) is 0 Å². The van der Waals surface area contributed by atoms with Crippen LogP contribution in [0.15, 0.2) is 24.8 Å². The van der Waals surface area contributed by atoms with Crippen molar-refractivity contribution in [2.75, 3.05) is 0 Å². The molecule has 2 nitrogen and oxygen atoms in total. The topological polar surface area (TPSA) is 26.3 Å². The van der Waals surface area contributed by atoms with E-state index in [2.05, 4.69) is 11.3 Å². The zero-order chi connectivity index (χ0) is 9.84. The Morgan fingerprint density at radius 3 is 2.77 bits per heavy atom. The molecule has 0 saturated heterocycles. The van der Waals surface area contributed by atoms with Crippen LogP contribution in [0, 0.1) is 5.82 Å². The molecule has 0 aliphatic rings. The van der Waals surface area contributed by atoms with Crippen molar-refractivity contribution < 1.29 is 13.9 Å². The maximum Gasteiger partial charge on any atom is 0.308 e. The molecule has 1 rings (SSSR count). The van der Waals surface area contributed by atoms with E-state index in [9.17, 15) is 9.18 Å². The second-order valence-electron chi connectivity index (χ2n) is 2.48. The van der Waals surface area contributed by atoms with Gasteiger partial charge in [0.25, 0.3) is 0 Å². The Hall–Kier alpha value is -1.64. The molecule has 0 aliphatic carbocycles. The average Bonchev–Trinajstić information content (AvgIpc) is 2.03. The van der Waals surface area contributed by atoms with Gasteiger partial charge in [0.05, 0.1) is 0 Å². The third kappa shape index (κ3) is 2.40. The van der Waals surface area contributed by atoms with E-state index in [4.69, 9.17) is 0 Å². The van der Waals surface area contributed by atoms with Crippen molar-refractivity contribution in [3.05, 3.63) is 36.2 Å². The highest BCUT2D eigenvalue weighted by Crippen LogP contribution is 2.17. The van der Waals surface area contributed by atoms with Crippen LogP contribution in [-0.2, 0) is 4.79 Å². The highest BCUT2D eigenvalue weighted by atomic mass is 19.1. The number of carbonyl (C=O) groups excluding carboxylic acids is 1. The summed E-state index contributed by atoms with van der Waals surface area (Å²) >= 11 is 0. The van der Waals surface area contributed by atoms with Crippen molar-refractivity contribution >= 4 is 12.0 Å². The molecule has 0 fully saturated rings. The Kier molecular flexibility index (Phi) is 2.80. The first-order valence-electron chi connectivity index (χ1n) is 3.74. The van der Waals surface area contributed by atoms with Crippen molar-refractivity contribution in [3.8, 4) is 5.75 Å². The molecule has 0 spiro atoms. The van der Waals surface area contributed by atoms with Crippen LogP contribution in [0.4, 0.5) is 4.39 Å². The Morgan fingerprint density at radius 1 is 1.62 bits per heavy atom. The second-order valence-corrected chi connectivity index (χ2v) is 2.48. The molecule has 0 saturated carbocycles. The molecule has 68 valence electrons. The fourth-order valence-electron chi connectivity index (χ4n) is 0.903. The van der Waals surface area contributed by atoms with Gasteiger partial charge in [-0.05, 0) is 12.1 Å². The van der Waals surface area contributed by atoms with Gasteiger partial charge in [-0.15, -0.1) is 0 Å². The van der Waals surface area contributed by atoms with E-state index >= 15 is 0 Å². The smallest absolute Gasteiger partial charge is 0.308 e. The molecule has 0 aliphatic heterocycles. The lowest BCUT2D eigenvalue weighted by molar-refractivity contribution is -0.131. The average molecular weight is 180 g/mol. The Bertz CT molecular complexity index is 345. The fraction of sp³-hybridized carbons (Fsp3) is 0.100. The highest BCUT2D eigenvalue weighted by Gasteiger charge is 2.02. The second kappa shape index (κ2) is 3.85. The maximum absolute atomic E-state index is 13.0. The van der Waals surface area contributed by atoms with Gasteiger partial charge in [-0.2, -0.15) is 0 Å². The third-order valence-electron chi connectivity index (χ3n) is 1.45.